The third-order valence-corrected chi connectivity index (χ3v) is 8.28. The molecule has 1 atom stereocenters. The zero-order valence-electron chi connectivity index (χ0n) is 18.4. The van der Waals surface area contributed by atoms with E-state index < -0.39 is 0 Å². The second kappa shape index (κ2) is 6.32. The maximum Gasteiger partial charge on any atom is 0.0442 e. The number of hydrogen-bond acceptors (Lipinski definition) is 0. The van der Waals surface area contributed by atoms with Crippen LogP contribution >= 0.6 is 22.6 Å². The van der Waals surface area contributed by atoms with E-state index >= 15 is 0 Å². The molecule has 6 rings (SSSR count). The standard InChI is InChI=1S/C30H25I/c1-18-13-14-25-22(15-18)20-9-5-8-12-24(20)30(25,4)27-17-19(31)16-26-28(27)21-10-6-7-11-23(21)29(26,2)3/h5-17H,1-4H3. The van der Waals surface area contributed by atoms with Crippen molar-refractivity contribution in [2.24, 2.45) is 0 Å². The summed E-state index contributed by atoms with van der Waals surface area (Å²) in [5.74, 6) is 0. The van der Waals surface area contributed by atoms with Gasteiger partial charge in [-0.2, -0.15) is 0 Å². The Balaban J connectivity index is 1.76. The van der Waals surface area contributed by atoms with Gasteiger partial charge >= 0.3 is 0 Å². The van der Waals surface area contributed by atoms with Crippen LogP contribution in [-0.4, -0.2) is 0 Å². The number of benzene rings is 4. The van der Waals surface area contributed by atoms with Gasteiger partial charge in [0.1, 0.15) is 0 Å². The van der Waals surface area contributed by atoms with Crippen LogP contribution in [0.5, 0.6) is 0 Å². The Labute approximate surface area is 198 Å². The zero-order chi connectivity index (χ0) is 21.5. The summed E-state index contributed by atoms with van der Waals surface area (Å²) in [7, 11) is 0. The minimum absolute atomic E-state index is 0.00640. The molecule has 0 amide bonds. The van der Waals surface area contributed by atoms with Crippen molar-refractivity contribution in [2.75, 3.05) is 0 Å². The van der Waals surface area contributed by atoms with E-state index in [9.17, 15) is 0 Å². The molecule has 1 heteroatoms. The summed E-state index contributed by atoms with van der Waals surface area (Å²) in [6.07, 6.45) is 0. The number of hydrogen-bond donors (Lipinski definition) is 0. The van der Waals surface area contributed by atoms with Gasteiger partial charge in [-0.1, -0.05) is 86.1 Å². The quantitative estimate of drug-likeness (QED) is 0.225. The fourth-order valence-corrected chi connectivity index (χ4v) is 6.70. The molecule has 0 heterocycles. The molecule has 0 aromatic heterocycles. The lowest BCUT2D eigenvalue weighted by Gasteiger charge is -2.32. The molecular formula is C30H25I. The molecule has 0 spiro atoms. The molecular weight excluding hydrogens is 487 g/mol. The van der Waals surface area contributed by atoms with Gasteiger partial charge in [-0.15, -0.1) is 0 Å². The second-order valence-electron chi connectivity index (χ2n) is 9.77. The molecule has 0 bridgehead atoms. The Morgan fingerprint density at radius 2 is 1.19 bits per heavy atom. The summed E-state index contributed by atoms with van der Waals surface area (Å²) in [6.45, 7) is 9.38. The van der Waals surface area contributed by atoms with Crippen molar-refractivity contribution in [1.29, 1.82) is 0 Å². The molecule has 4 aromatic rings. The maximum atomic E-state index is 2.51. The van der Waals surface area contributed by atoms with Gasteiger partial charge in [0, 0.05) is 14.4 Å². The zero-order valence-corrected chi connectivity index (χ0v) is 20.5. The van der Waals surface area contributed by atoms with Crippen LogP contribution in [0.15, 0.2) is 78.9 Å². The van der Waals surface area contributed by atoms with Gasteiger partial charge in [0.2, 0.25) is 0 Å². The largest absolute Gasteiger partial charge is 0.0619 e. The first-order chi connectivity index (χ1) is 14.8. The average molecular weight is 512 g/mol. The van der Waals surface area contributed by atoms with Crippen LogP contribution in [0.4, 0.5) is 0 Å². The number of rotatable bonds is 1. The number of halogens is 1. The molecule has 0 saturated carbocycles. The fraction of sp³-hybridized carbons (Fsp3) is 0.200. The van der Waals surface area contributed by atoms with E-state index in [0.717, 1.165) is 0 Å². The van der Waals surface area contributed by atoms with Crippen LogP contribution in [-0.2, 0) is 10.8 Å². The summed E-state index contributed by atoms with van der Waals surface area (Å²) in [5.41, 5.74) is 13.9. The summed E-state index contributed by atoms with van der Waals surface area (Å²) >= 11 is 2.51. The molecule has 4 aromatic carbocycles. The smallest absolute Gasteiger partial charge is 0.0442 e. The first-order valence-corrected chi connectivity index (χ1v) is 12.1. The van der Waals surface area contributed by atoms with Gasteiger partial charge in [-0.05, 0) is 98.6 Å². The van der Waals surface area contributed by atoms with E-state index in [2.05, 4.69) is 129 Å². The first kappa shape index (κ1) is 19.3. The SMILES string of the molecule is Cc1ccc2c(c1)-c1ccccc1C2(C)c1cc(I)cc2c1-c1ccccc1C2(C)C. The number of fused-ring (bicyclic) bond motifs is 6. The number of aryl methyl sites for hydroxylation is 1. The van der Waals surface area contributed by atoms with E-state index in [1.807, 2.05) is 0 Å². The second-order valence-corrected chi connectivity index (χ2v) is 11.0. The molecule has 0 radical (unpaired) electrons. The normalized spacial score (nSPS) is 19.5. The van der Waals surface area contributed by atoms with Crippen molar-refractivity contribution in [1.82, 2.24) is 0 Å². The molecule has 1 unspecified atom stereocenters. The third-order valence-electron chi connectivity index (χ3n) is 7.65. The highest BCUT2D eigenvalue weighted by Crippen LogP contribution is 2.58. The Morgan fingerprint density at radius 1 is 0.581 bits per heavy atom. The molecule has 0 saturated heterocycles. The van der Waals surface area contributed by atoms with Gasteiger partial charge in [-0.3, -0.25) is 0 Å². The van der Waals surface area contributed by atoms with Crippen molar-refractivity contribution >= 4 is 22.6 Å². The summed E-state index contributed by atoms with van der Waals surface area (Å²) < 4.78 is 1.31. The van der Waals surface area contributed by atoms with Crippen LogP contribution in [0.2, 0.25) is 0 Å². The first-order valence-electron chi connectivity index (χ1n) is 11.0. The molecule has 2 aliphatic carbocycles. The minimum Gasteiger partial charge on any atom is -0.0619 e. The third kappa shape index (κ3) is 2.41. The Morgan fingerprint density at radius 3 is 1.97 bits per heavy atom. The monoisotopic (exact) mass is 512 g/mol. The van der Waals surface area contributed by atoms with E-state index in [4.69, 9.17) is 0 Å². The summed E-state index contributed by atoms with van der Waals surface area (Å²) in [6, 6.07) is 29.8. The van der Waals surface area contributed by atoms with Gasteiger partial charge < -0.3 is 0 Å². The molecule has 31 heavy (non-hydrogen) atoms. The van der Waals surface area contributed by atoms with Crippen LogP contribution in [0.3, 0.4) is 0 Å². The van der Waals surface area contributed by atoms with Crippen molar-refractivity contribution < 1.29 is 0 Å². The van der Waals surface area contributed by atoms with Crippen molar-refractivity contribution in [3.8, 4) is 22.3 Å². The van der Waals surface area contributed by atoms with Crippen LogP contribution in [0.25, 0.3) is 22.3 Å². The van der Waals surface area contributed by atoms with Gasteiger partial charge in [0.05, 0.1) is 0 Å². The summed E-state index contributed by atoms with van der Waals surface area (Å²) in [5, 5.41) is 0. The molecule has 0 nitrogen and oxygen atoms in total. The Hall–Kier alpha value is -2.39. The lowest BCUT2D eigenvalue weighted by molar-refractivity contribution is 0.655. The van der Waals surface area contributed by atoms with Gasteiger partial charge in [0.25, 0.3) is 0 Å². The molecule has 2 aliphatic rings. The van der Waals surface area contributed by atoms with E-state index in [-0.39, 0.29) is 10.8 Å². The molecule has 152 valence electrons. The van der Waals surface area contributed by atoms with Crippen molar-refractivity contribution in [3.05, 3.63) is 116 Å². The minimum atomic E-state index is -0.182. The lowest BCUT2D eigenvalue weighted by atomic mass is 9.71. The molecule has 0 fully saturated rings. The average Bonchev–Trinajstić information content (AvgIpc) is 3.15. The Kier molecular flexibility index (Phi) is 3.94. The highest BCUT2D eigenvalue weighted by atomic mass is 127. The Bertz CT molecular complexity index is 1390. The van der Waals surface area contributed by atoms with Crippen LogP contribution < -0.4 is 0 Å². The predicted octanol–water partition coefficient (Wildman–Crippen LogP) is 8.24. The van der Waals surface area contributed by atoms with Gasteiger partial charge in [0.15, 0.2) is 0 Å². The fourth-order valence-electron chi connectivity index (χ4n) is 6.08. The lowest BCUT2D eigenvalue weighted by Crippen LogP contribution is -2.24. The molecule has 0 N–H and O–H groups in total. The summed E-state index contributed by atoms with van der Waals surface area (Å²) in [4.78, 5) is 0. The maximum absolute atomic E-state index is 2.51. The van der Waals surface area contributed by atoms with Crippen molar-refractivity contribution in [3.63, 3.8) is 0 Å². The van der Waals surface area contributed by atoms with Crippen molar-refractivity contribution in [2.45, 2.75) is 38.5 Å². The van der Waals surface area contributed by atoms with E-state index in [1.54, 1.807) is 0 Å². The van der Waals surface area contributed by atoms with E-state index in [1.165, 1.54) is 59.2 Å². The predicted molar refractivity (Wildman–Crippen MR) is 139 cm³/mol. The molecule has 0 aliphatic heterocycles. The van der Waals surface area contributed by atoms with E-state index in [0.29, 0.717) is 0 Å². The topological polar surface area (TPSA) is 0 Å². The highest BCUT2D eigenvalue weighted by Gasteiger charge is 2.46. The highest BCUT2D eigenvalue weighted by molar-refractivity contribution is 14.1. The van der Waals surface area contributed by atoms with Crippen LogP contribution in [0.1, 0.15) is 54.2 Å². The van der Waals surface area contributed by atoms with Gasteiger partial charge in [-0.25, -0.2) is 0 Å². The van der Waals surface area contributed by atoms with Crippen LogP contribution in [0, 0.1) is 10.5 Å².